The number of carbonyl (C=O) groups excluding carboxylic acids is 9. The van der Waals surface area contributed by atoms with Crippen LogP contribution >= 0.6 is 0 Å². The van der Waals surface area contributed by atoms with Crippen molar-refractivity contribution in [3.8, 4) is 0 Å². The summed E-state index contributed by atoms with van der Waals surface area (Å²) in [7, 11) is 0. The van der Waals surface area contributed by atoms with Crippen molar-refractivity contribution in [3.63, 3.8) is 0 Å². The second-order valence-corrected chi connectivity index (χ2v) is 7.85. The molecule has 29 heteroatoms. The number of carboxylic acids is 1. The van der Waals surface area contributed by atoms with Gasteiger partial charge in [0.2, 0.25) is 0 Å². The molecule has 358 valence electrons. The predicted octanol–water partition coefficient (Wildman–Crippen LogP) is 1.56. The number of carbonyl (C=O) groups is 10. The van der Waals surface area contributed by atoms with Crippen LogP contribution in [0, 0.1) is 0 Å². The summed E-state index contributed by atoms with van der Waals surface area (Å²) in [5, 5.41) is 7.89. The van der Waals surface area contributed by atoms with Crippen LogP contribution in [0.25, 0.3) is 0 Å². The minimum absolute atomic E-state index is 0.176. The van der Waals surface area contributed by atoms with E-state index < -0.39 is 60.8 Å². The van der Waals surface area contributed by atoms with Gasteiger partial charge in [0.1, 0.15) is 0 Å². The molecule has 60 heavy (non-hydrogen) atoms. The highest BCUT2D eigenvalue weighted by atomic mass is 16.6. The first-order chi connectivity index (χ1) is 27.6. The van der Waals surface area contributed by atoms with Crippen molar-refractivity contribution in [2.24, 2.45) is 51.6 Å². The van der Waals surface area contributed by atoms with E-state index in [1.807, 2.05) is 0 Å². The maximum atomic E-state index is 9.60. The zero-order valence-corrected chi connectivity index (χ0v) is 36.0. The molecular weight excluding hydrogens is 818 g/mol. The summed E-state index contributed by atoms with van der Waals surface area (Å²) < 4.78 is 37.6. The highest BCUT2D eigenvalue weighted by Gasteiger charge is 1.90. The van der Waals surface area contributed by atoms with Gasteiger partial charge in [0.25, 0.3) is 0 Å². The number of nitrogens with two attached hydrogens (primary N) is 9. The van der Waals surface area contributed by atoms with E-state index in [4.69, 9.17) is 5.11 Å². The summed E-state index contributed by atoms with van der Waals surface area (Å²) in [6.07, 6.45) is -6.40. The van der Waals surface area contributed by atoms with Gasteiger partial charge in [-0.15, -0.1) is 0 Å². The van der Waals surface area contributed by atoms with Crippen LogP contribution in [0.5, 0.6) is 0 Å². The van der Waals surface area contributed by atoms with Crippen LogP contribution in [0.2, 0.25) is 0 Å². The molecule has 0 saturated heterocycles. The zero-order chi connectivity index (χ0) is 50.1. The smallest absolute Gasteiger partial charge is 0.404 e. The molecule has 0 heterocycles. The van der Waals surface area contributed by atoms with Crippen molar-refractivity contribution in [3.05, 3.63) is 12.2 Å². The molecule has 0 radical (unpaired) electrons. The van der Waals surface area contributed by atoms with Gasteiger partial charge in [0, 0.05) is 5.57 Å². The van der Waals surface area contributed by atoms with Crippen LogP contribution in [0.3, 0.4) is 0 Å². The van der Waals surface area contributed by atoms with Crippen molar-refractivity contribution < 1.29 is 95.7 Å². The van der Waals surface area contributed by atoms with Crippen molar-refractivity contribution >= 4 is 60.8 Å². The van der Waals surface area contributed by atoms with E-state index in [2.05, 4.69) is 101 Å². The molecule has 29 nitrogen and oxygen atoms in total. The molecule has 0 bridgehead atoms. The van der Waals surface area contributed by atoms with Crippen LogP contribution in [0.4, 0.5) is 43.2 Å². The summed E-state index contributed by atoms with van der Waals surface area (Å²) in [5.41, 5.74) is 41.1. The van der Waals surface area contributed by atoms with Gasteiger partial charge in [0.15, 0.2) is 0 Å². The minimum atomic E-state index is -0.935. The zero-order valence-electron chi connectivity index (χ0n) is 36.0. The van der Waals surface area contributed by atoms with E-state index in [-0.39, 0.29) is 5.57 Å². The first-order valence-electron chi connectivity index (χ1n) is 16.8. The molecule has 0 aliphatic heterocycles. The van der Waals surface area contributed by atoms with Gasteiger partial charge >= 0.3 is 60.8 Å². The van der Waals surface area contributed by atoms with Gasteiger partial charge in [-0.3, -0.25) is 0 Å². The molecule has 0 spiro atoms. The summed E-state index contributed by atoms with van der Waals surface area (Å²) >= 11 is 0. The standard InChI is InChI=1S/C4H6O2.9C3H7NO2/c1-3(2)4(5)6;9*1-2-6-3(4)5/h1H2,2H3,(H,5,6);9*2H2,1H3,(H2,4,5). The first-order valence-corrected chi connectivity index (χ1v) is 16.8. The average molecular weight is 888 g/mol. The molecular formula is C31H69N9O20. The van der Waals surface area contributed by atoms with E-state index in [0.29, 0.717) is 59.5 Å². The molecule has 0 aliphatic carbocycles. The van der Waals surface area contributed by atoms with Crippen molar-refractivity contribution in [1.29, 1.82) is 0 Å². The number of ether oxygens (including phenoxy) is 9. The lowest BCUT2D eigenvalue weighted by Crippen LogP contribution is -2.11. The van der Waals surface area contributed by atoms with Crippen LogP contribution < -0.4 is 51.6 Å². The van der Waals surface area contributed by atoms with Crippen LogP contribution in [0.15, 0.2) is 12.2 Å². The third-order valence-electron chi connectivity index (χ3n) is 2.94. The van der Waals surface area contributed by atoms with E-state index in [9.17, 15) is 47.9 Å². The van der Waals surface area contributed by atoms with E-state index in [0.717, 1.165) is 0 Å². The SMILES string of the molecule is C=C(C)C(=O)O.CCOC(N)=O.CCOC(N)=O.CCOC(N)=O.CCOC(N)=O.CCOC(N)=O.CCOC(N)=O.CCOC(N)=O.CCOC(N)=O.CCOC(N)=O. The highest BCUT2D eigenvalue weighted by Crippen LogP contribution is 1.81. The fourth-order valence-corrected chi connectivity index (χ4v) is 1.28. The molecule has 0 aromatic rings. The van der Waals surface area contributed by atoms with E-state index in [1.165, 1.54) is 6.92 Å². The number of carboxylic acid groups (broad SMARTS) is 1. The van der Waals surface area contributed by atoms with Gasteiger partial charge in [-0.2, -0.15) is 0 Å². The molecule has 19 N–H and O–H groups in total. The van der Waals surface area contributed by atoms with Gasteiger partial charge in [-0.25, -0.2) is 47.9 Å². The predicted molar refractivity (Wildman–Crippen MR) is 213 cm³/mol. The second kappa shape index (κ2) is 69.5. The summed E-state index contributed by atoms with van der Waals surface area (Å²) in [5.74, 6) is -0.935. The molecule has 0 aromatic heterocycles. The Kier molecular flexibility index (Phi) is 89.5. The number of rotatable bonds is 10. The Labute approximate surface area is 349 Å². The maximum Gasteiger partial charge on any atom is 0.404 e. The normalized spacial score (nSPS) is 7.50. The van der Waals surface area contributed by atoms with Gasteiger partial charge < -0.3 is 99.3 Å². The Morgan fingerprint density at radius 3 is 0.383 bits per heavy atom. The average Bonchev–Trinajstić information content (AvgIpc) is 3.07. The van der Waals surface area contributed by atoms with Gasteiger partial charge in [-0.1, -0.05) is 6.58 Å². The Bertz CT molecular complexity index is 876. The molecule has 0 aliphatic rings. The van der Waals surface area contributed by atoms with Crippen LogP contribution in [-0.4, -0.2) is 125 Å². The summed E-state index contributed by atoms with van der Waals surface area (Å²) in [6.45, 7) is 23.1. The number of amides is 9. The quantitative estimate of drug-likeness (QED) is 0.110. The molecule has 0 fully saturated rings. The van der Waals surface area contributed by atoms with Gasteiger partial charge in [0.05, 0.1) is 59.5 Å². The number of aliphatic carboxylic acids is 1. The number of hydrogen-bond acceptors (Lipinski definition) is 19. The molecule has 0 saturated carbocycles. The molecule has 0 unspecified atom stereocenters. The number of hydrogen-bond donors (Lipinski definition) is 10. The number of primary amides is 9. The topological polar surface area (TPSA) is 508 Å². The Hall–Kier alpha value is -7.36. The van der Waals surface area contributed by atoms with E-state index in [1.54, 1.807) is 62.3 Å². The second-order valence-electron chi connectivity index (χ2n) is 7.85. The summed E-state index contributed by atoms with van der Waals surface area (Å²) in [6, 6.07) is 0. The fourth-order valence-electron chi connectivity index (χ4n) is 1.28. The minimum Gasteiger partial charge on any atom is -0.478 e. The first kappa shape index (κ1) is 77.2. The van der Waals surface area contributed by atoms with Crippen molar-refractivity contribution in [1.82, 2.24) is 0 Å². The van der Waals surface area contributed by atoms with Crippen LogP contribution in [-0.2, 0) is 47.4 Å². The Morgan fingerprint density at radius 2 is 0.383 bits per heavy atom. The lowest BCUT2D eigenvalue weighted by Gasteiger charge is -1.89. The molecule has 0 atom stereocenters. The van der Waals surface area contributed by atoms with Crippen molar-refractivity contribution in [2.75, 3.05) is 59.5 Å². The Morgan fingerprint density at radius 1 is 0.317 bits per heavy atom. The maximum absolute atomic E-state index is 9.60. The third kappa shape index (κ3) is 223. The van der Waals surface area contributed by atoms with Crippen LogP contribution in [0.1, 0.15) is 69.2 Å². The molecule has 9 amide bonds. The lowest BCUT2D eigenvalue weighted by atomic mass is 10.4. The molecule has 0 aromatic carbocycles. The Balaban J connectivity index is -0.0000000579. The van der Waals surface area contributed by atoms with Gasteiger partial charge in [-0.05, 0) is 69.2 Å². The third-order valence-corrected chi connectivity index (χ3v) is 2.94. The van der Waals surface area contributed by atoms with Crippen molar-refractivity contribution in [2.45, 2.75) is 69.2 Å². The largest absolute Gasteiger partial charge is 0.478 e. The van der Waals surface area contributed by atoms with E-state index >= 15 is 0 Å². The fraction of sp³-hybridized carbons (Fsp3) is 0.613. The lowest BCUT2D eigenvalue weighted by molar-refractivity contribution is -0.132. The summed E-state index contributed by atoms with van der Waals surface area (Å²) in [4.78, 5) is 96.0. The highest BCUT2D eigenvalue weighted by molar-refractivity contribution is 5.84. The monoisotopic (exact) mass is 887 g/mol. The molecule has 0 rings (SSSR count).